The van der Waals surface area contributed by atoms with Crippen LogP contribution in [0.25, 0.3) is 0 Å². The van der Waals surface area contributed by atoms with Crippen molar-refractivity contribution in [1.82, 2.24) is 9.97 Å². The molecule has 1 aromatic rings. The molecule has 0 amide bonds. The minimum Gasteiger partial charge on any atom is -0.480 e. The van der Waals surface area contributed by atoms with Gasteiger partial charge in [0.2, 0.25) is 5.88 Å². The summed E-state index contributed by atoms with van der Waals surface area (Å²) in [4.78, 5) is 8.21. The van der Waals surface area contributed by atoms with E-state index < -0.39 is 5.54 Å². The number of nitrogens with zero attached hydrogens (tertiary/aromatic N) is 2. The van der Waals surface area contributed by atoms with E-state index in [1.165, 1.54) is 14.2 Å². The number of halogens is 1. The lowest BCUT2D eigenvalue weighted by Gasteiger charge is -2.20. The molecule has 0 fully saturated rings. The maximum Gasteiger partial charge on any atom is 0.319 e. The summed E-state index contributed by atoms with van der Waals surface area (Å²) in [7, 11) is 3.02. The topological polar surface area (TPSA) is 70.3 Å². The largest absolute Gasteiger partial charge is 0.480 e. The van der Waals surface area contributed by atoms with Crippen molar-refractivity contribution in [3.8, 4) is 11.9 Å². The fourth-order valence-corrected chi connectivity index (χ4v) is 1.91. The minimum absolute atomic E-state index is 0.239. The molecule has 0 radical (unpaired) electrons. The third kappa shape index (κ3) is 2.57. The molecule has 1 rings (SSSR count). The number of hydrogen-bond donors (Lipinski definition) is 1. The van der Waals surface area contributed by atoms with Gasteiger partial charge in [0.05, 0.1) is 25.5 Å². The van der Waals surface area contributed by atoms with Crippen molar-refractivity contribution in [2.24, 2.45) is 5.73 Å². The predicted molar refractivity (Wildman–Crippen MR) is 60.0 cm³/mol. The SMILES string of the molecule is COc1nc(OC)c(Br)c(C(C)(C)N)n1. The first-order valence-corrected chi connectivity index (χ1v) is 5.14. The van der Waals surface area contributed by atoms with Gasteiger partial charge in [-0.1, -0.05) is 0 Å². The first kappa shape index (κ1) is 12.2. The van der Waals surface area contributed by atoms with Crippen LogP contribution in [0.2, 0.25) is 0 Å². The second kappa shape index (κ2) is 4.32. The molecular formula is C9H14BrN3O2. The maximum absolute atomic E-state index is 5.97. The Morgan fingerprint density at radius 1 is 1.20 bits per heavy atom. The molecule has 0 atom stereocenters. The molecule has 0 aliphatic rings. The van der Waals surface area contributed by atoms with E-state index >= 15 is 0 Å². The Kier molecular flexibility index (Phi) is 3.51. The van der Waals surface area contributed by atoms with Crippen molar-refractivity contribution in [1.29, 1.82) is 0 Å². The highest BCUT2D eigenvalue weighted by molar-refractivity contribution is 9.10. The second-order valence-electron chi connectivity index (χ2n) is 3.60. The zero-order chi connectivity index (χ0) is 11.6. The highest BCUT2D eigenvalue weighted by Crippen LogP contribution is 2.32. The summed E-state index contributed by atoms with van der Waals surface area (Å²) in [5.41, 5.74) is 6.02. The molecule has 1 aromatic heterocycles. The van der Waals surface area contributed by atoms with Crippen molar-refractivity contribution < 1.29 is 9.47 Å². The third-order valence-electron chi connectivity index (χ3n) is 1.79. The average Bonchev–Trinajstić information content (AvgIpc) is 2.16. The molecule has 1 heterocycles. The van der Waals surface area contributed by atoms with E-state index in [2.05, 4.69) is 25.9 Å². The van der Waals surface area contributed by atoms with Crippen LogP contribution >= 0.6 is 15.9 Å². The summed E-state index contributed by atoms with van der Waals surface area (Å²) in [5.74, 6) is 0.412. The third-order valence-corrected chi connectivity index (χ3v) is 2.50. The van der Waals surface area contributed by atoms with E-state index in [0.717, 1.165) is 0 Å². The number of aromatic nitrogens is 2. The molecule has 0 aliphatic carbocycles. The molecule has 0 spiro atoms. The van der Waals surface area contributed by atoms with E-state index in [1.807, 2.05) is 13.8 Å². The molecule has 0 saturated heterocycles. The molecule has 84 valence electrons. The van der Waals surface area contributed by atoms with E-state index in [0.29, 0.717) is 16.0 Å². The maximum atomic E-state index is 5.97. The van der Waals surface area contributed by atoms with Crippen molar-refractivity contribution in [2.75, 3.05) is 14.2 Å². The molecule has 0 unspecified atom stereocenters. The Bertz CT molecular complexity index is 363. The van der Waals surface area contributed by atoms with Gasteiger partial charge in [-0.05, 0) is 29.8 Å². The monoisotopic (exact) mass is 275 g/mol. The van der Waals surface area contributed by atoms with Crippen molar-refractivity contribution in [3.63, 3.8) is 0 Å². The average molecular weight is 276 g/mol. The predicted octanol–water partition coefficient (Wildman–Crippen LogP) is 1.45. The quantitative estimate of drug-likeness (QED) is 0.904. The first-order chi connectivity index (χ1) is 6.90. The Hall–Kier alpha value is -0.880. The second-order valence-corrected chi connectivity index (χ2v) is 4.40. The molecule has 0 saturated carbocycles. The Labute approximate surface area is 97.1 Å². The highest BCUT2D eigenvalue weighted by atomic mass is 79.9. The summed E-state index contributed by atoms with van der Waals surface area (Å²) in [6.07, 6.45) is 0. The van der Waals surface area contributed by atoms with Crippen LogP contribution in [0.1, 0.15) is 19.5 Å². The fourth-order valence-electron chi connectivity index (χ4n) is 1.06. The zero-order valence-corrected chi connectivity index (χ0v) is 10.8. The van der Waals surface area contributed by atoms with E-state index in [1.54, 1.807) is 0 Å². The van der Waals surface area contributed by atoms with Crippen molar-refractivity contribution >= 4 is 15.9 Å². The normalized spacial score (nSPS) is 11.3. The van der Waals surface area contributed by atoms with E-state index in [4.69, 9.17) is 15.2 Å². The number of methoxy groups -OCH3 is 2. The lowest BCUT2D eigenvalue weighted by molar-refractivity contribution is 0.342. The Morgan fingerprint density at radius 3 is 2.20 bits per heavy atom. The molecular weight excluding hydrogens is 262 g/mol. The lowest BCUT2D eigenvalue weighted by Crippen LogP contribution is -2.30. The van der Waals surface area contributed by atoms with Crippen molar-refractivity contribution in [3.05, 3.63) is 10.2 Å². The molecule has 0 aliphatic heterocycles. The molecule has 2 N–H and O–H groups in total. The zero-order valence-electron chi connectivity index (χ0n) is 9.17. The molecule has 6 heteroatoms. The molecule has 0 bridgehead atoms. The number of nitrogens with two attached hydrogens (primary N) is 1. The van der Waals surface area contributed by atoms with Crippen LogP contribution in [0.15, 0.2) is 4.47 Å². The number of ether oxygens (including phenoxy) is 2. The molecule has 0 aromatic carbocycles. The summed E-state index contributed by atoms with van der Waals surface area (Å²) in [6.45, 7) is 3.69. The minimum atomic E-state index is -0.595. The lowest BCUT2D eigenvalue weighted by atomic mass is 10.0. The van der Waals surface area contributed by atoms with Gasteiger partial charge >= 0.3 is 6.01 Å². The van der Waals surface area contributed by atoms with Gasteiger partial charge in [0.1, 0.15) is 4.47 Å². The van der Waals surface area contributed by atoms with Gasteiger partial charge in [0.25, 0.3) is 0 Å². The van der Waals surface area contributed by atoms with Crippen LogP contribution in [-0.4, -0.2) is 24.2 Å². The Morgan fingerprint density at radius 2 is 1.80 bits per heavy atom. The summed E-state index contributed by atoms with van der Waals surface area (Å²) >= 11 is 3.36. The van der Waals surface area contributed by atoms with Crippen LogP contribution < -0.4 is 15.2 Å². The van der Waals surface area contributed by atoms with Crippen LogP contribution in [0.5, 0.6) is 11.9 Å². The van der Waals surface area contributed by atoms with Crippen LogP contribution in [0.4, 0.5) is 0 Å². The van der Waals surface area contributed by atoms with Crippen molar-refractivity contribution in [2.45, 2.75) is 19.4 Å². The van der Waals surface area contributed by atoms with Gasteiger partial charge in [0, 0.05) is 0 Å². The number of rotatable bonds is 3. The Balaban J connectivity index is 3.37. The number of hydrogen-bond acceptors (Lipinski definition) is 5. The fraction of sp³-hybridized carbons (Fsp3) is 0.556. The smallest absolute Gasteiger partial charge is 0.319 e. The summed E-state index contributed by atoms with van der Waals surface area (Å²) in [5, 5.41) is 0. The summed E-state index contributed by atoms with van der Waals surface area (Å²) in [6, 6.07) is 0.239. The van der Waals surface area contributed by atoms with Gasteiger partial charge < -0.3 is 15.2 Å². The first-order valence-electron chi connectivity index (χ1n) is 4.35. The highest BCUT2D eigenvalue weighted by Gasteiger charge is 2.24. The van der Waals surface area contributed by atoms with Crippen LogP contribution in [0, 0.1) is 0 Å². The van der Waals surface area contributed by atoms with Gasteiger partial charge in [-0.25, -0.2) is 0 Å². The van der Waals surface area contributed by atoms with E-state index in [9.17, 15) is 0 Å². The molecule has 15 heavy (non-hydrogen) atoms. The van der Waals surface area contributed by atoms with Gasteiger partial charge in [-0.15, -0.1) is 0 Å². The van der Waals surface area contributed by atoms with Crippen LogP contribution in [0.3, 0.4) is 0 Å². The standard InChI is InChI=1S/C9H14BrN3O2/c1-9(2,11)6-5(10)7(14-3)13-8(12-6)15-4/h11H2,1-4H3. The summed E-state index contributed by atoms with van der Waals surface area (Å²) < 4.78 is 10.7. The van der Waals surface area contributed by atoms with Gasteiger partial charge in [0.15, 0.2) is 0 Å². The van der Waals surface area contributed by atoms with E-state index in [-0.39, 0.29) is 6.01 Å². The van der Waals surface area contributed by atoms with Gasteiger partial charge in [-0.3, -0.25) is 0 Å². The van der Waals surface area contributed by atoms with Gasteiger partial charge in [-0.2, -0.15) is 9.97 Å². The molecule has 5 nitrogen and oxygen atoms in total. The van der Waals surface area contributed by atoms with Crippen LogP contribution in [-0.2, 0) is 5.54 Å².